The van der Waals surface area contributed by atoms with Crippen molar-refractivity contribution in [3.63, 3.8) is 0 Å². The number of hydrogen-bond acceptors (Lipinski definition) is 2. The summed E-state index contributed by atoms with van der Waals surface area (Å²) in [4.78, 5) is 11.7. The molecule has 82 valence electrons. The fourth-order valence-corrected chi connectivity index (χ4v) is 1.96. The molecule has 1 aliphatic rings. The van der Waals surface area contributed by atoms with Crippen LogP contribution >= 0.6 is 0 Å². The molecule has 3 nitrogen and oxygen atoms in total. The number of aliphatic hydroxyl groups excluding tert-OH is 1. The van der Waals surface area contributed by atoms with Crippen molar-refractivity contribution in [2.24, 2.45) is 5.92 Å². The zero-order valence-electron chi connectivity index (χ0n) is 8.96. The van der Waals surface area contributed by atoms with E-state index < -0.39 is 0 Å². The summed E-state index contributed by atoms with van der Waals surface area (Å²) in [7, 11) is 0. The van der Waals surface area contributed by atoms with Crippen molar-refractivity contribution in [2.75, 3.05) is 6.61 Å². The summed E-state index contributed by atoms with van der Waals surface area (Å²) in [5.41, 5.74) is 0. The molecule has 2 N–H and O–H groups in total. The lowest BCUT2D eigenvalue weighted by Crippen LogP contribution is -2.41. The van der Waals surface area contributed by atoms with E-state index in [2.05, 4.69) is 5.32 Å². The lowest BCUT2D eigenvalue weighted by atomic mass is 9.88. The molecule has 1 unspecified atom stereocenters. The minimum absolute atomic E-state index is 0.0506. The van der Waals surface area contributed by atoms with Crippen LogP contribution in [-0.2, 0) is 4.79 Å². The van der Waals surface area contributed by atoms with Crippen molar-refractivity contribution in [2.45, 2.75) is 51.5 Å². The summed E-state index contributed by atoms with van der Waals surface area (Å²) in [5, 5.41) is 11.9. The van der Waals surface area contributed by atoms with Gasteiger partial charge in [-0.1, -0.05) is 26.2 Å². The molecule has 0 saturated heterocycles. The van der Waals surface area contributed by atoms with Gasteiger partial charge in [-0.05, 0) is 19.3 Å². The summed E-state index contributed by atoms with van der Waals surface area (Å²) in [6.07, 6.45) is 6.46. The summed E-state index contributed by atoms with van der Waals surface area (Å²) in [5.74, 6) is 0.343. The fraction of sp³-hybridized carbons (Fsp3) is 0.909. The van der Waals surface area contributed by atoms with E-state index in [4.69, 9.17) is 5.11 Å². The molecule has 0 aromatic carbocycles. The third-order valence-corrected chi connectivity index (χ3v) is 3.04. The van der Waals surface area contributed by atoms with Gasteiger partial charge in [0.1, 0.15) is 0 Å². The monoisotopic (exact) mass is 199 g/mol. The van der Waals surface area contributed by atoms with Crippen LogP contribution in [0.2, 0.25) is 0 Å². The first-order valence-corrected chi connectivity index (χ1v) is 5.69. The van der Waals surface area contributed by atoms with Gasteiger partial charge in [0, 0.05) is 5.92 Å². The first kappa shape index (κ1) is 11.5. The van der Waals surface area contributed by atoms with Crippen LogP contribution in [0.25, 0.3) is 0 Å². The van der Waals surface area contributed by atoms with Crippen LogP contribution < -0.4 is 5.32 Å². The number of nitrogens with one attached hydrogen (secondary N) is 1. The van der Waals surface area contributed by atoms with Crippen molar-refractivity contribution < 1.29 is 9.90 Å². The molecule has 0 aromatic rings. The molecule has 0 spiro atoms. The van der Waals surface area contributed by atoms with Gasteiger partial charge >= 0.3 is 0 Å². The molecule has 1 rings (SSSR count). The van der Waals surface area contributed by atoms with Crippen molar-refractivity contribution in [3.05, 3.63) is 0 Å². The van der Waals surface area contributed by atoms with E-state index in [0.29, 0.717) is 0 Å². The topological polar surface area (TPSA) is 49.3 Å². The van der Waals surface area contributed by atoms with E-state index in [1.165, 1.54) is 19.3 Å². The molecular weight excluding hydrogens is 178 g/mol. The Morgan fingerprint density at radius 1 is 1.43 bits per heavy atom. The Hall–Kier alpha value is -0.570. The molecule has 1 fully saturated rings. The highest BCUT2D eigenvalue weighted by atomic mass is 16.3. The fourth-order valence-electron chi connectivity index (χ4n) is 1.96. The normalized spacial score (nSPS) is 20.4. The van der Waals surface area contributed by atoms with E-state index in [-0.39, 0.29) is 24.5 Å². The Morgan fingerprint density at radius 3 is 2.57 bits per heavy atom. The minimum Gasteiger partial charge on any atom is -0.394 e. The molecule has 3 heteroatoms. The van der Waals surface area contributed by atoms with Gasteiger partial charge in [-0.3, -0.25) is 4.79 Å². The summed E-state index contributed by atoms with van der Waals surface area (Å²) in [6.45, 7) is 2.02. The average Bonchev–Trinajstić information content (AvgIpc) is 2.26. The van der Waals surface area contributed by atoms with Gasteiger partial charge in [-0.2, -0.15) is 0 Å². The number of aliphatic hydroxyl groups is 1. The average molecular weight is 199 g/mol. The van der Waals surface area contributed by atoms with Crippen LogP contribution in [0.4, 0.5) is 0 Å². The SMILES string of the molecule is CCC(CO)NC(=O)C1CCCCC1. The zero-order chi connectivity index (χ0) is 10.4. The largest absolute Gasteiger partial charge is 0.394 e. The molecule has 0 heterocycles. The van der Waals surface area contributed by atoms with Crippen LogP contribution in [0, 0.1) is 5.92 Å². The Kier molecular flexibility index (Phi) is 4.94. The first-order valence-electron chi connectivity index (χ1n) is 5.69. The highest BCUT2D eigenvalue weighted by Gasteiger charge is 2.22. The smallest absolute Gasteiger partial charge is 0.223 e. The highest BCUT2D eigenvalue weighted by Crippen LogP contribution is 2.23. The predicted octanol–water partition coefficient (Wildman–Crippen LogP) is 1.45. The number of amides is 1. The molecular formula is C11H21NO2. The summed E-state index contributed by atoms with van der Waals surface area (Å²) < 4.78 is 0. The number of rotatable bonds is 4. The molecule has 1 saturated carbocycles. The predicted molar refractivity (Wildman–Crippen MR) is 55.9 cm³/mol. The number of carbonyl (C=O) groups is 1. The standard InChI is InChI=1S/C11H21NO2/c1-2-10(8-13)12-11(14)9-6-4-3-5-7-9/h9-10,13H,2-8H2,1H3,(H,12,14). The third kappa shape index (κ3) is 3.29. The Bertz CT molecular complexity index is 172. The maximum absolute atomic E-state index is 11.7. The summed E-state index contributed by atoms with van der Waals surface area (Å²) in [6, 6.07) is -0.0515. The third-order valence-electron chi connectivity index (χ3n) is 3.04. The zero-order valence-corrected chi connectivity index (χ0v) is 8.96. The van der Waals surface area contributed by atoms with Crippen molar-refractivity contribution >= 4 is 5.91 Å². The van der Waals surface area contributed by atoms with Crippen LogP contribution in [0.1, 0.15) is 45.4 Å². The van der Waals surface area contributed by atoms with Gasteiger partial charge in [-0.25, -0.2) is 0 Å². The van der Waals surface area contributed by atoms with E-state index in [1.54, 1.807) is 0 Å². The second kappa shape index (κ2) is 6.02. The maximum Gasteiger partial charge on any atom is 0.223 e. The van der Waals surface area contributed by atoms with Crippen LogP contribution in [-0.4, -0.2) is 23.7 Å². The molecule has 1 aliphatic carbocycles. The van der Waals surface area contributed by atoms with Gasteiger partial charge in [0.15, 0.2) is 0 Å². The molecule has 0 aromatic heterocycles. The van der Waals surface area contributed by atoms with E-state index in [9.17, 15) is 4.79 Å². The van der Waals surface area contributed by atoms with Crippen LogP contribution in [0.5, 0.6) is 0 Å². The number of carbonyl (C=O) groups excluding carboxylic acids is 1. The lowest BCUT2D eigenvalue weighted by Gasteiger charge is -2.23. The second-order valence-electron chi connectivity index (χ2n) is 4.13. The maximum atomic E-state index is 11.7. The van der Waals surface area contributed by atoms with Gasteiger partial charge in [-0.15, -0.1) is 0 Å². The molecule has 0 radical (unpaired) electrons. The molecule has 1 amide bonds. The van der Waals surface area contributed by atoms with Gasteiger partial charge in [0.2, 0.25) is 5.91 Å². The van der Waals surface area contributed by atoms with E-state index in [0.717, 1.165) is 19.3 Å². The second-order valence-corrected chi connectivity index (χ2v) is 4.13. The summed E-state index contributed by atoms with van der Waals surface area (Å²) >= 11 is 0. The van der Waals surface area contributed by atoms with Crippen LogP contribution in [0.3, 0.4) is 0 Å². The molecule has 0 bridgehead atoms. The Labute approximate surface area is 85.9 Å². The van der Waals surface area contributed by atoms with Crippen LogP contribution in [0.15, 0.2) is 0 Å². The van der Waals surface area contributed by atoms with Gasteiger partial charge in [0.05, 0.1) is 12.6 Å². The highest BCUT2D eigenvalue weighted by molar-refractivity contribution is 5.79. The lowest BCUT2D eigenvalue weighted by molar-refractivity contribution is -0.127. The molecule has 14 heavy (non-hydrogen) atoms. The Balaban J connectivity index is 2.32. The molecule has 0 aliphatic heterocycles. The Morgan fingerprint density at radius 2 is 2.07 bits per heavy atom. The van der Waals surface area contributed by atoms with Gasteiger partial charge in [0.25, 0.3) is 0 Å². The quantitative estimate of drug-likeness (QED) is 0.720. The molecule has 1 atom stereocenters. The van der Waals surface area contributed by atoms with E-state index in [1.807, 2.05) is 6.92 Å². The number of hydrogen-bond donors (Lipinski definition) is 2. The van der Waals surface area contributed by atoms with Crippen molar-refractivity contribution in [1.29, 1.82) is 0 Å². The van der Waals surface area contributed by atoms with Gasteiger partial charge < -0.3 is 10.4 Å². The minimum atomic E-state index is -0.0515. The first-order chi connectivity index (χ1) is 6.77. The van der Waals surface area contributed by atoms with E-state index >= 15 is 0 Å². The van der Waals surface area contributed by atoms with Crippen molar-refractivity contribution in [1.82, 2.24) is 5.32 Å². The van der Waals surface area contributed by atoms with Crippen molar-refractivity contribution in [3.8, 4) is 0 Å².